The molecule has 5 heteroatoms. The van der Waals surface area contributed by atoms with Crippen molar-refractivity contribution in [2.75, 3.05) is 6.26 Å². The second-order valence-corrected chi connectivity index (χ2v) is 6.49. The summed E-state index contributed by atoms with van der Waals surface area (Å²) in [5.41, 5.74) is 7.28. The number of benzene rings is 1. The Morgan fingerprint density at radius 2 is 1.90 bits per heavy atom. The minimum atomic E-state index is -0.128. The average molecular weight is 303 g/mol. The number of hydrogen-bond donors (Lipinski definition) is 1. The molecular weight excluding hydrogens is 282 g/mol. The average Bonchev–Trinajstić information content (AvgIpc) is 3.05. The molecule has 1 unspecified atom stereocenters. The van der Waals surface area contributed by atoms with E-state index in [2.05, 4.69) is 28.5 Å². The van der Waals surface area contributed by atoms with Gasteiger partial charge in [-0.15, -0.1) is 11.8 Å². The molecule has 1 aromatic heterocycles. The van der Waals surface area contributed by atoms with E-state index in [1.165, 1.54) is 37.0 Å². The summed E-state index contributed by atoms with van der Waals surface area (Å²) >= 11 is 1.72. The lowest BCUT2D eigenvalue weighted by molar-refractivity contribution is 0.255. The first-order valence-electron chi connectivity index (χ1n) is 7.51. The fraction of sp³-hybridized carbons (Fsp3) is 0.500. The van der Waals surface area contributed by atoms with E-state index < -0.39 is 0 Å². The van der Waals surface area contributed by atoms with Crippen molar-refractivity contribution in [3.8, 4) is 11.4 Å². The van der Waals surface area contributed by atoms with Crippen LogP contribution in [0.5, 0.6) is 0 Å². The van der Waals surface area contributed by atoms with E-state index in [4.69, 9.17) is 10.3 Å². The van der Waals surface area contributed by atoms with Crippen molar-refractivity contribution in [1.82, 2.24) is 10.1 Å². The molecule has 2 N–H and O–H groups in total. The highest BCUT2D eigenvalue weighted by atomic mass is 32.2. The Labute approximate surface area is 129 Å². The molecule has 0 saturated heterocycles. The zero-order valence-corrected chi connectivity index (χ0v) is 13.1. The smallest absolute Gasteiger partial charge is 0.244 e. The summed E-state index contributed by atoms with van der Waals surface area (Å²) < 4.78 is 5.40. The lowest BCUT2D eigenvalue weighted by Crippen LogP contribution is -2.23. The van der Waals surface area contributed by atoms with Crippen LogP contribution in [0.15, 0.2) is 33.7 Å². The summed E-state index contributed by atoms with van der Waals surface area (Å²) in [6.07, 6.45) is 8.23. The highest BCUT2D eigenvalue weighted by Gasteiger charge is 2.26. The fourth-order valence-electron chi connectivity index (χ4n) is 2.92. The van der Waals surface area contributed by atoms with E-state index in [0.29, 0.717) is 17.6 Å². The predicted octanol–water partition coefficient (Wildman–Crippen LogP) is 4.04. The quantitative estimate of drug-likeness (QED) is 0.864. The van der Waals surface area contributed by atoms with Gasteiger partial charge in [-0.25, -0.2) is 0 Å². The first-order valence-corrected chi connectivity index (χ1v) is 8.74. The normalized spacial score (nSPS) is 17.8. The van der Waals surface area contributed by atoms with E-state index in [1.54, 1.807) is 11.8 Å². The zero-order chi connectivity index (χ0) is 14.7. The molecule has 1 saturated carbocycles. The van der Waals surface area contributed by atoms with E-state index in [9.17, 15) is 0 Å². The maximum absolute atomic E-state index is 6.31. The molecule has 0 radical (unpaired) electrons. The standard InChI is InChI=1S/C16H21N3OS/c1-21-13-9-7-12(8-10-13)15-18-16(20-19-15)14(17)11-5-3-2-4-6-11/h7-11,14H,2-6,17H2,1H3. The molecule has 4 nitrogen and oxygen atoms in total. The molecule has 2 aromatic rings. The predicted molar refractivity (Wildman–Crippen MR) is 85.0 cm³/mol. The van der Waals surface area contributed by atoms with Crippen molar-refractivity contribution < 1.29 is 4.52 Å². The molecule has 21 heavy (non-hydrogen) atoms. The van der Waals surface area contributed by atoms with Crippen LogP contribution in [0, 0.1) is 5.92 Å². The van der Waals surface area contributed by atoms with Crippen LogP contribution in [-0.4, -0.2) is 16.4 Å². The van der Waals surface area contributed by atoms with Crippen molar-refractivity contribution in [3.05, 3.63) is 30.2 Å². The van der Waals surface area contributed by atoms with Crippen LogP contribution >= 0.6 is 11.8 Å². The molecule has 1 aliphatic rings. The summed E-state index contributed by atoms with van der Waals surface area (Å²) in [5.74, 6) is 1.68. The summed E-state index contributed by atoms with van der Waals surface area (Å²) in [7, 11) is 0. The Hall–Kier alpha value is -1.33. The number of aromatic nitrogens is 2. The third-order valence-electron chi connectivity index (χ3n) is 4.23. The van der Waals surface area contributed by atoms with Crippen LogP contribution < -0.4 is 5.73 Å². The zero-order valence-electron chi connectivity index (χ0n) is 12.3. The van der Waals surface area contributed by atoms with Crippen LogP contribution in [-0.2, 0) is 0 Å². The maximum Gasteiger partial charge on any atom is 0.244 e. The lowest BCUT2D eigenvalue weighted by Gasteiger charge is -2.24. The summed E-state index contributed by atoms with van der Waals surface area (Å²) in [6, 6.07) is 8.05. The Morgan fingerprint density at radius 1 is 1.19 bits per heavy atom. The molecule has 1 atom stereocenters. The molecule has 1 heterocycles. The van der Waals surface area contributed by atoms with Gasteiger partial charge in [-0.1, -0.05) is 24.4 Å². The van der Waals surface area contributed by atoms with E-state index in [1.807, 2.05) is 12.1 Å². The van der Waals surface area contributed by atoms with Crippen LogP contribution in [0.25, 0.3) is 11.4 Å². The first kappa shape index (κ1) is 14.6. The van der Waals surface area contributed by atoms with Crippen LogP contribution in [0.1, 0.15) is 44.0 Å². The summed E-state index contributed by atoms with van der Waals surface area (Å²) in [5, 5.41) is 4.08. The van der Waals surface area contributed by atoms with Crippen LogP contribution in [0.4, 0.5) is 0 Å². The Bertz CT molecular complexity index is 575. The van der Waals surface area contributed by atoms with Gasteiger partial charge in [-0.3, -0.25) is 0 Å². The van der Waals surface area contributed by atoms with Gasteiger partial charge in [0, 0.05) is 10.5 Å². The van der Waals surface area contributed by atoms with E-state index >= 15 is 0 Å². The van der Waals surface area contributed by atoms with Crippen molar-refractivity contribution in [2.45, 2.75) is 43.0 Å². The SMILES string of the molecule is CSc1ccc(-c2noc(C(N)C3CCCCC3)n2)cc1. The minimum Gasteiger partial charge on any atom is -0.337 e. The molecular formula is C16H21N3OS. The molecule has 0 amide bonds. The van der Waals surface area contributed by atoms with Gasteiger partial charge in [0.15, 0.2) is 0 Å². The van der Waals surface area contributed by atoms with Gasteiger partial charge in [0.25, 0.3) is 0 Å². The number of thioether (sulfide) groups is 1. The Kier molecular flexibility index (Phi) is 4.60. The summed E-state index contributed by atoms with van der Waals surface area (Å²) in [4.78, 5) is 5.73. The van der Waals surface area contributed by atoms with Gasteiger partial charge in [0.2, 0.25) is 11.7 Å². The Balaban J connectivity index is 1.75. The van der Waals surface area contributed by atoms with E-state index in [0.717, 1.165) is 5.56 Å². The van der Waals surface area contributed by atoms with Gasteiger partial charge in [-0.2, -0.15) is 4.98 Å². The van der Waals surface area contributed by atoms with Gasteiger partial charge in [0.1, 0.15) is 0 Å². The largest absolute Gasteiger partial charge is 0.337 e. The number of hydrogen-bond acceptors (Lipinski definition) is 5. The third kappa shape index (κ3) is 3.30. The highest BCUT2D eigenvalue weighted by Crippen LogP contribution is 2.33. The molecule has 3 rings (SSSR count). The second-order valence-electron chi connectivity index (χ2n) is 5.61. The lowest BCUT2D eigenvalue weighted by atomic mass is 9.84. The Morgan fingerprint density at radius 3 is 2.57 bits per heavy atom. The molecule has 1 fully saturated rings. The maximum atomic E-state index is 6.31. The molecule has 1 aromatic carbocycles. The van der Waals surface area contributed by atoms with Crippen LogP contribution in [0.2, 0.25) is 0 Å². The van der Waals surface area contributed by atoms with Gasteiger partial charge >= 0.3 is 0 Å². The molecule has 0 aliphatic heterocycles. The first-order chi connectivity index (χ1) is 10.3. The number of rotatable bonds is 4. The topological polar surface area (TPSA) is 64.9 Å². The fourth-order valence-corrected chi connectivity index (χ4v) is 3.33. The number of nitrogens with two attached hydrogens (primary N) is 1. The van der Waals surface area contributed by atoms with Crippen molar-refractivity contribution >= 4 is 11.8 Å². The summed E-state index contributed by atoms with van der Waals surface area (Å²) in [6.45, 7) is 0. The highest BCUT2D eigenvalue weighted by molar-refractivity contribution is 7.98. The van der Waals surface area contributed by atoms with Crippen molar-refractivity contribution in [2.24, 2.45) is 11.7 Å². The van der Waals surface area contributed by atoms with Crippen molar-refractivity contribution in [1.29, 1.82) is 0 Å². The second kappa shape index (κ2) is 6.62. The molecule has 1 aliphatic carbocycles. The molecule has 0 spiro atoms. The van der Waals surface area contributed by atoms with Gasteiger partial charge in [0.05, 0.1) is 6.04 Å². The van der Waals surface area contributed by atoms with Gasteiger partial charge in [-0.05, 0) is 49.3 Å². The van der Waals surface area contributed by atoms with Crippen molar-refractivity contribution in [3.63, 3.8) is 0 Å². The minimum absolute atomic E-state index is 0.128. The monoisotopic (exact) mass is 303 g/mol. The third-order valence-corrected chi connectivity index (χ3v) is 4.98. The van der Waals surface area contributed by atoms with Crippen LogP contribution in [0.3, 0.4) is 0 Å². The van der Waals surface area contributed by atoms with E-state index in [-0.39, 0.29) is 6.04 Å². The number of nitrogens with zero attached hydrogens (tertiary/aromatic N) is 2. The van der Waals surface area contributed by atoms with Gasteiger partial charge < -0.3 is 10.3 Å². The molecule has 112 valence electrons. The molecule has 0 bridgehead atoms.